The van der Waals surface area contributed by atoms with Crippen LogP contribution in [-0.4, -0.2) is 38.4 Å². The van der Waals surface area contributed by atoms with E-state index in [2.05, 4.69) is 5.32 Å². The summed E-state index contributed by atoms with van der Waals surface area (Å²) in [7, 11) is 0. The van der Waals surface area contributed by atoms with Crippen molar-refractivity contribution >= 4 is 5.91 Å². The molecule has 0 aliphatic carbocycles. The van der Waals surface area contributed by atoms with Crippen molar-refractivity contribution in [1.82, 2.24) is 5.32 Å². The fourth-order valence-corrected chi connectivity index (χ4v) is 2.68. The summed E-state index contributed by atoms with van der Waals surface area (Å²) in [6, 6.07) is 0. The lowest BCUT2D eigenvalue weighted by Crippen LogP contribution is -2.34. The van der Waals surface area contributed by atoms with Gasteiger partial charge in [0.15, 0.2) is 0 Å². The predicted octanol–water partition coefficient (Wildman–Crippen LogP) is 1.88. The lowest BCUT2D eigenvalue weighted by atomic mass is 9.99. The Kier molecular flexibility index (Phi) is 5.94. The molecule has 2 fully saturated rings. The van der Waals surface area contributed by atoms with E-state index in [9.17, 15) is 4.79 Å². The molecule has 2 aliphatic heterocycles. The van der Waals surface area contributed by atoms with Crippen molar-refractivity contribution in [2.24, 2.45) is 5.92 Å². The maximum atomic E-state index is 11.8. The van der Waals surface area contributed by atoms with E-state index in [-0.39, 0.29) is 11.8 Å². The van der Waals surface area contributed by atoms with E-state index in [0.29, 0.717) is 6.10 Å². The van der Waals surface area contributed by atoms with Gasteiger partial charge in [-0.05, 0) is 44.9 Å². The molecule has 2 aliphatic rings. The standard InChI is InChI=1S/C14H25NO3/c16-14(12-6-10-17-11-7-12)15-8-2-1-4-13-5-3-9-18-13/h12-13H,1-11H2,(H,15,16)/t13-/m1/s1. The van der Waals surface area contributed by atoms with Crippen LogP contribution < -0.4 is 5.32 Å². The summed E-state index contributed by atoms with van der Waals surface area (Å²) in [5.74, 6) is 0.396. The maximum absolute atomic E-state index is 11.8. The van der Waals surface area contributed by atoms with Crippen LogP contribution in [-0.2, 0) is 14.3 Å². The molecule has 18 heavy (non-hydrogen) atoms. The number of ether oxygens (including phenoxy) is 2. The zero-order valence-corrected chi connectivity index (χ0v) is 11.2. The molecule has 4 heteroatoms. The van der Waals surface area contributed by atoms with Gasteiger partial charge in [-0.25, -0.2) is 0 Å². The topological polar surface area (TPSA) is 47.6 Å². The van der Waals surface area contributed by atoms with Crippen LogP contribution in [0.2, 0.25) is 0 Å². The summed E-state index contributed by atoms with van der Waals surface area (Å²) >= 11 is 0. The molecular weight excluding hydrogens is 230 g/mol. The first kappa shape index (κ1) is 13.8. The number of hydrogen-bond acceptors (Lipinski definition) is 3. The van der Waals surface area contributed by atoms with Crippen LogP contribution in [0.25, 0.3) is 0 Å². The van der Waals surface area contributed by atoms with Crippen molar-refractivity contribution in [3.8, 4) is 0 Å². The predicted molar refractivity (Wildman–Crippen MR) is 69.4 cm³/mol. The van der Waals surface area contributed by atoms with Crippen LogP contribution in [0.5, 0.6) is 0 Å². The molecule has 0 bridgehead atoms. The summed E-state index contributed by atoms with van der Waals surface area (Å²) < 4.78 is 10.8. The van der Waals surface area contributed by atoms with Crippen molar-refractivity contribution in [3.05, 3.63) is 0 Å². The van der Waals surface area contributed by atoms with E-state index < -0.39 is 0 Å². The van der Waals surface area contributed by atoms with Gasteiger partial charge in [0.2, 0.25) is 5.91 Å². The van der Waals surface area contributed by atoms with Crippen LogP contribution >= 0.6 is 0 Å². The molecule has 2 saturated heterocycles. The highest BCUT2D eigenvalue weighted by Gasteiger charge is 2.21. The molecule has 0 aromatic carbocycles. The van der Waals surface area contributed by atoms with E-state index in [0.717, 1.165) is 58.5 Å². The third-order valence-electron chi connectivity index (χ3n) is 3.87. The molecule has 1 N–H and O–H groups in total. The van der Waals surface area contributed by atoms with Gasteiger partial charge < -0.3 is 14.8 Å². The van der Waals surface area contributed by atoms with Gasteiger partial charge in [0.1, 0.15) is 0 Å². The third kappa shape index (κ3) is 4.58. The number of hydrogen-bond donors (Lipinski definition) is 1. The van der Waals surface area contributed by atoms with Gasteiger partial charge in [-0.2, -0.15) is 0 Å². The van der Waals surface area contributed by atoms with Crippen molar-refractivity contribution in [2.75, 3.05) is 26.4 Å². The van der Waals surface area contributed by atoms with Crippen LogP contribution in [0, 0.1) is 5.92 Å². The minimum atomic E-state index is 0.178. The molecule has 2 heterocycles. The maximum Gasteiger partial charge on any atom is 0.223 e. The molecule has 104 valence electrons. The largest absolute Gasteiger partial charge is 0.381 e. The fraction of sp³-hybridized carbons (Fsp3) is 0.929. The molecule has 0 radical (unpaired) electrons. The zero-order valence-electron chi connectivity index (χ0n) is 11.2. The van der Waals surface area contributed by atoms with Gasteiger partial charge in [-0.1, -0.05) is 0 Å². The Morgan fingerprint density at radius 2 is 1.94 bits per heavy atom. The third-order valence-corrected chi connectivity index (χ3v) is 3.87. The molecule has 1 amide bonds. The highest BCUT2D eigenvalue weighted by atomic mass is 16.5. The smallest absolute Gasteiger partial charge is 0.223 e. The first-order valence-corrected chi connectivity index (χ1v) is 7.33. The van der Waals surface area contributed by atoms with Crippen LogP contribution in [0.4, 0.5) is 0 Å². The van der Waals surface area contributed by atoms with Crippen molar-refractivity contribution in [3.63, 3.8) is 0 Å². The Morgan fingerprint density at radius 3 is 2.67 bits per heavy atom. The second kappa shape index (κ2) is 7.74. The average Bonchev–Trinajstić information content (AvgIpc) is 2.92. The highest BCUT2D eigenvalue weighted by molar-refractivity contribution is 5.78. The fourth-order valence-electron chi connectivity index (χ4n) is 2.68. The summed E-state index contributed by atoms with van der Waals surface area (Å²) in [6.07, 6.45) is 8.03. The van der Waals surface area contributed by atoms with E-state index in [1.165, 1.54) is 12.8 Å². The van der Waals surface area contributed by atoms with Gasteiger partial charge in [0.05, 0.1) is 6.10 Å². The average molecular weight is 255 g/mol. The molecule has 2 rings (SSSR count). The SMILES string of the molecule is O=C(NCCCC[C@@H]1CCCO1)C1CCOCC1. The van der Waals surface area contributed by atoms with Gasteiger partial charge in [0.25, 0.3) is 0 Å². The second-order valence-corrected chi connectivity index (χ2v) is 5.31. The minimum absolute atomic E-state index is 0.178. The number of rotatable bonds is 6. The van der Waals surface area contributed by atoms with Crippen LogP contribution in [0.15, 0.2) is 0 Å². The normalized spacial score (nSPS) is 25.2. The van der Waals surface area contributed by atoms with Crippen LogP contribution in [0.1, 0.15) is 44.9 Å². The molecule has 0 unspecified atom stereocenters. The molecule has 0 aromatic rings. The van der Waals surface area contributed by atoms with E-state index in [1.807, 2.05) is 0 Å². The lowest BCUT2D eigenvalue weighted by Gasteiger charge is -2.21. The number of carbonyl (C=O) groups is 1. The first-order chi connectivity index (χ1) is 8.86. The Morgan fingerprint density at radius 1 is 1.11 bits per heavy atom. The zero-order chi connectivity index (χ0) is 12.6. The molecule has 0 saturated carbocycles. The lowest BCUT2D eigenvalue weighted by molar-refractivity contribution is -0.127. The number of carbonyl (C=O) groups excluding carboxylic acids is 1. The molecule has 0 spiro atoms. The van der Waals surface area contributed by atoms with Crippen LogP contribution in [0.3, 0.4) is 0 Å². The quantitative estimate of drug-likeness (QED) is 0.737. The van der Waals surface area contributed by atoms with Gasteiger partial charge >= 0.3 is 0 Å². The first-order valence-electron chi connectivity index (χ1n) is 7.33. The van der Waals surface area contributed by atoms with E-state index >= 15 is 0 Å². The number of nitrogens with one attached hydrogen (secondary N) is 1. The summed E-state index contributed by atoms with van der Waals surface area (Å²) in [4.78, 5) is 11.8. The molecule has 4 nitrogen and oxygen atoms in total. The number of amides is 1. The molecule has 0 aromatic heterocycles. The molecule has 1 atom stereocenters. The summed E-state index contributed by atoms with van der Waals surface area (Å²) in [5, 5.41) is 3.04. The van der Waals surface area contributed by atoms with Gasteiger partial charge in [-0.15, -0.1) is 0 Å². The van der Waals surface area contributed by atoms with Crippen molar-refractivity contribution < 1.29 is 14.3 Å². The number of unbranched alkanes of at least 4 members (excludes halogenated alkanes) is 1. The van der Waals surface area contributed by atoms with E-state index in [4.69, 9.17) is 9.47 Å². The second-order valence-electron chi connectivity index (χ2n) is 5.31. The minimum Gasteiger partial charge on any atom is -0.381 e. The van der Waals surface area contributed by atoms with Crippen molar-refractivity contribution in [1.29, 1.82) is 0 Å². The van der Waals surface area contributed by atoms with E-state index in [1.54, 1.807) is 0 Å². The molecular formula is C14H25NO3. The Bertz CT molecular complexity index is 245. The Balaban J connectivity index is 1.48. The highest BCUT2D eigenvalue weighted by Crippen LogP contribution is 2.17. The monoisotopic (exact) mass is 255 g/mol. The van der Waals surface area contributed by atoms with Gasteiger partial charge in [-0.3, -0.25) is 4.79 Å². The van der Waals surface area contributed by atoms with Crippen molar-refractivity contribution in [2.45, 2.75) is 51.0 Å². The summed E-state index contributed by atoms with van der Waals surface area (Å²) in [5.41, 5.74) is 0. The van der Waals surface area contributed by atoms with Gasteiger partial charge in [0, 0.05) is 32.3 Å². The Hall–Kier alpha value is -0.610. The Labute approximate surface area is 109 Å². The summed E-state index contributed by atoms with van der Waals surface area (Å²) in [6.45, 7) is 3.21.